The number of ether oxygens (including phenoxy) is 2. The maximum absolute atomic E-state index is 13.2. The number of amides is 1. The summed E-state index contributed by atoms with van der Waals surface area (Å²) in [6, 6.07) is 11.6. The van der Waals surface area contributed by atoms with Gasteiger partial charge in [0.2, 0.25) is 5.91 Å². The molecule has 0 saturated carbocycles. The standard InChI is InChI=1S/C20H23ClFNO3/c1-13(26-12-14-6-5-7-16(10-14)25-4)19(24)23-20(2,3)17-9-8-15(22)11-18(17)21/h5-11,13H,12H2,1-4H3,(H,23,24). The zero-order valence-electron chi connectivity index (χ0n) is 15.3. The number of halogens is 2. The van der Waals surface area contributed by atoms with Gasteiger partial charge in [-0.3, -0.25) is 4.79 Å². The minimum absolute atomic E-state index is 0.264. The molecule has 1 N–H and O–H groups in total. The third-order valence-electron chi connectivity index (χ3n) is 4.04. The Bertz CT molecular complexity index is 779. The van der Waals surface area contributed by atoms with Crippen LogP contribution in [0, 0.1) is 5.82 Å². The highest BCUT2D eigenvalue weighted by molar-refractivity contribution is 6.31. The molecule has 0 fully saturated rings. The molecule has 0 heterocycles. The van der Waals surface area contributed by atoms with Crippen molar-refractivity contribution in [1.82, 2.24) is 5.32 Å². The number of hydrogen-bond acceptors (Lipinski definition) is 3. The summed E-state index contributed by atoms with van der Waals surface area (Å²) in [4.78, 5) is 12.5. The summed E-state index contributed by atoms with van der Waals surface area (Å²) in [5.41, 5.74) is 0.772. The zero-order valence-corrected chi connectivity index (χ0v) is 16.1. The van der Waals surface area contributed by atoms with Gasteiger partial charge in [-0.2, -0.15) is 0 Å². The summed E-state index contributed by atoms with van der Waals surface area (Å²) >= 11 is 6.11. The van der Waals surface area contributed by atoms with E-state index in [2.05, 4.69) is 5.32 Å². The zero-order chi connectivity index (χ0) is 19.3. The predicted octanol–water partition coefficient (Wildman–Crippen LogP) is 4.44. The highest BCUT2D eigenvalue weighted by atomic mass is 35.5. The topological polar surface area (TPSA) is 47.6 Å². The van der Waals surface area contributed by atoms with E-state index in [4.69, 9.17) is 21.1 Å². The summed E-state index contributed by atoms with van der Waals surface area (Å²) in [6.45, 7) is 5.57. The number of nitrogens with one attached hydrogen (secondary N) is 1. The fraction of sp³-hybridized carbons (Fsp3) is 0.350. The Morgan fingerprint density at radius 1 is 1.27 bits per heavy atom. The highest BCUT2D eigenvalue weighted by Gasteiger charge is 2.28. The molecule has 26 heavy (non-hydrogen) atoms. The van der Waals surface area contributed by atoms with Gasteiger partial charge in [0.25, 0.3) is 0 Å². The van der Waals surface area contributed by atoms with Gasteiger partial charge in [-0.1, -0.05) is 29.8 Å². The molecule has 0 bridgehead atoms. The van der Waals surface area contributed by atoms with Crippen LogP contribution in [-0.2, 0) is 21.7 Å². The molecule has 0 spiro atoms. The van der Waals surface area contributed by atoms with Crippen molar-refractivity contribution in [3.05, 3.63) is 64.4 Å². The quantitative estimate of drug-likeness (QED) is 0.773. The molecule has 140 valence electrons. The molecule has 2 rings (SSSR count). The van der Waals surface area contributed by atoms with Crippen molar-refractivity contribution in [2.45, 2.75) is 39.0 Å². The molecule has 1 amide bonds. The molecule has 1 atom stereocenters. The van der Waals surface area contributed by atoms with Crippen LogP contribution >= 0.6 is 11.6 Å². The second-order valence-electron chi connectivity index (χ2n) is 6.54. The maximum atomic E-state index is 13.2. The molecular weight excluding hydrogens is 357 g/mol. The lowest BCUT2D eigenvalue weighted by Crippen LogP contribution is -2.46. The van der Waals surface area contributed by atoms with Crippen molar-refractivity contribution in [3.8, 4) is 5.75 Å². The largest absolute Gasteiger partial charge is 0.497 e. The second kappa shape index (κ2) is 8.52. The van der Waals surface area contributed by atoms with E-state index in [0.717, 1.165) is 11.3 Å². The summed E-state index contributed by atoms with van der Waals surface area (Å²) in [5, 5.41) is 3.16. The molecule has 0 aliphatic heterocycles. The Morgan fingerprint density at radius 3 is 2.65 bits per heavy atom. The monoisotopic (exact) mass is 379 g/mol. The molecule has 2 aromatic carbocycles. The molecule has 0 saturated heterocycles. The van der Waals surface area contributed by atoms with Gasteiger partial charge >= 0.3 is 0 Å². The minimum atomic E-state index is -0.768. The molecular formula is C20H23ClFNO3. The number of methoxy groups -OCH3 is 1. The Balaban J connectivity index is 1.98. The normalized spacial score (nSPS) is 12.5. The first-order valence-electron chi connectivity index (χ1n) is 8.25. The van der Waals surface area contributed by atoms with E-state index in [9.17, 15) is 9.18 Å². The van der Waals surface area contributed by atoms with Gasteiger partial charge in [-0.25, -0.2) is 4.39 Å². The summed E-state index contributed by atoms with van der Waals surface area (Å²) in [7, 11) is 1.60. The van der Waals surface area contributed by atoms with Crippen molar-refractivity contribution in [2.24, 2.45) is 0 Å². The van der Waals surface area contributed by atoms with Gasteiger partial charge in [0.1, 0.15) is 17.7 Å². The van der Waals surface area contributed by atoms with Crippen LogP contribution in [0.1, 0.15) is 31.9 Å². The lowest BCUT2D eigenvalue weighted by Gasteiger charge is -2.29. The van der Waals surface area contributed by atoms with Crippen LogP contribution in [0.4, 0.5) is 4.39 Å². The van der Waals surface area contributed by atoms with Crippen LogP contribution < -0.4 is 10.1 Å². The molecule has 1 unspecified atom stereocenters. The number of rotatable bonds is 7. The average molecular weight is 380 g/mol. The lowest BCUT2D eigenvalue weighted by molar-refractivity contribution is -0.134. The molecule has 0 radical (unpaired) electrons. The first-order valence-corrected chi connectivity index (χ1v) is 8.63. The number of carbonyl (C=O) groups is 1. The first-order chi connectivity index (χ1) is 12.2. The van der Waals surface area contributed by atoms with E-state index in [1.165, 1.54) is 12.1 Å². The Labute approximate surface area is 158 Å². The fourth-order valence-electron chi connectivity index (χ4n) is 2.53. The van der Waals surface area contributed by atoms with Gasteiger partial charge in [0, 0.05) is 5.02 Å². The van der Waals surface area contributed by atoms with Crippen LogP contribution in [0.15, 0.2) is 42.5 Å². The molecule has 0 aromatic heterocycles. The molecule has 0 aliphatic carbocycles. The molecule has 2 aromatic rings. The maximum Gasteiger partial charge on any atom is 0.249 e. The first kappa shape index (κ1) is 20.2. The predicted molar refractivity (Wildman–Crippen MR) is 99.8 cm³/mol. The smallest absolute Gasteiger partial charge is 0.249 e. The van der Waals surface area contributed by atoms with E-state index in [1.807, 2.05) is 24.3 Å². The van der Waals surface area contributed by atoms with E-state index >= 15 is 0 Å². The Hall–Kier alpha value is -2.11. The van der Waals surface area contributed by atoms with Crippen LogP contribution in [0.3, 0.4) is 0 Å². The van der Waals surface area contributed by atoms with E-state index in [-0.39, 0.29) is 17.5 Å². The SMILES string of the molecule is COc1cccc(COC(C)C(=O)NC(C)(C)c2ccc(F)cc2Cl)c1. The summed E-state index contributed by atoms with van der Waals surface area (Å²) < 4.78 is 24.1. The van der Waals surface area contributed by atoms with E-state index in [0.29, 0.717) is 5.56 Å². The third-order valence-corrected chi connectivity index (χ3v) is 4.36. The summed E-state index contributed by atoms with van der Waals surface area (Å²) in [6.07, 6.45) is -0.667. The Kier molecular flexibility index (Phi) is 6.62. The third kappa shape index (κ3) is 5.19. The van der Waals surface area contributed by atoms with Crippen molar-refractivity contribution in [3.63, 3.8) is 0 Å². The van der Waals surface area contributed by atoms with Crippen LogP contribution in [0.5, 0.6) is 5.75 Å². The van der Waals surface area contributed by atoms with Crippen LogP contribution in [-0.4, -0.2) is 19.1 Å². The van der Waals surface area contributed by atoms with Gasteiger partial charge in [0.15, 0.2) is 0 Å². The Morgan fingerprint density at radius 2 is 2.00 bits per heavy atom. The minimum Gasteiger partial charge on any atom is -0.497 e. The highest BCUT2D eigenvalue weighted by Crippen LogP contribution is 2.28. The van der Waals surface area contributed by atoms with Crippen molar-refractivity contribution in [1.29, 1.82) is 0 Å². The van der Waals surface area contributed by atoms with Crippen LogP contribution in [0.25, 0.3) is 0 Å². The van der Waals surface area contributed by atoms with Crippen LogP contribution in [0.2, 0.25) is 5.02 Å². The average Bonchev–Trinajstić information content (AvgIpc) is 2.59. The number of benzene rings is 2. The van der Waals surface area contributed by atoms with Crippen molar-refractivity contribution >= 4 is 17.5 Å². The lowest BCUT2D eigenvalue weighted by atomic mass is 9.94. The fourth-order valence-corrected chi connectivity index (χ4v) is 2.94. The molecule has 0 aliphatic rings. The van der Waals surface area contributed by atoms with Gasteiger partial charge in [0.05, 0.1) is 19.3 Å². The van der Waals surface area contributed by atoms with Crippen molar-refractivity contribution < 1.29 is 18.7 Å². The summed E-state index contributed by atoms with van der Waals surface area (Å²) in [5.74, 6) is 0.0319. The van der Waals surface area contributed by atoms with E-state index in [1.54, 1.807) is 33.9 Å². The van der Waals surface area contributed by atoms with Gasteiger partial charge in [-0.05, 0) is 56.2 Å². The molecule has 6 heteroatoms. The number of hydrogen-bond donors (Lipinski definition) is 1. The van der Waals surface area contributed by atoms with Gasteiger partial charge in [-0.15, -0.1) is 0 Å². The van der Waals surface area contributed by atoms with E-state index < -0.39 is 17.5 Å². The number of carbonyl (C=O) groups excluding carboxylic acids is 1. The van der Waals surface area contributed by atoms with Crippen molar-refractivity contribution in [2.75, 3.05) is 7.11 Å². The second-order valence-corrected chi connectivity index (χ2v) is 6.95. The van der Waals surface area contributed by atoms with Gasteiger partial charge < -0.3 is 14.8 Å². The molecule has 4 nitrogen and oxygen atoms in total.